The first-order chi connectivity index (χ1) is 13.5. The van der Waals surface area contributed by atoms with Crippen molar-refractivity contribution in [3.05, 3.63) is 28.8 Å². The summed E-state index contributed by atoms with van der Waals surface area (Å²) in [6.45, 7) is 2.48. The Labute approximate surface area is 172 Å². The van der Waals surface area contributed by atoms with Gasteiger partial charge in [-0.3, -0.25) is 19.3 Å². The molecule has 1 aromatic rings. The van der Waals surface area contributed by atoms with E-state index < -0.39 is 0 Å². The number of nitrogens with one attached hydrogen (secondary N) is 1. The second-order valence-electron chi connectivity index (χ2n) is 7.48. The van der Waals surface area contributed by atoms with Crippen LogP contribution in [-0.4, -0.2) is 29.2 Å². The molecule has 1 N–H and O–H groups in total. The molecule has 5 nitrogen and oxygen atoms in total. The Kier molecular flexibility index (Phi) is 9.48. The van der Waals surface area contributed by atoms with Crippen molar-refractivity contribution in [3.8, 4) is 0 Å². The number of amides is 3. The zero-order chi connectivity index (χ0) is 20.4. The van der Waals surface area contributed by atoms with Crippen LogP contribution in [0.5, 0.6) is 0 Å². The molecule has 0 bridgehead atoms. The summed E-state index contributed by atoms with van der Waals surface area (Å²) in [5, 5.41) is 3.59. The highest BCUT2D eigenvalue weighted by Gasteiger charge is 2.27. The predicted molar refractivity (Wildman–Crippen MR) is 112 cm³/mol. The largest absolute Gasteiger partial charge is 0.326 e. The number of imide groups is 1. The van der Waals surface area contributed by atoms with Gasteiger partial charge in [0.25, 0.3) is 0 Å². The molecule has 6 heteroatoms. The Morgan fingerprint density at radius 2 is 1.54 bits per heavy atom. The van der Waals surface area contributed by atoms with Gasteiger partial charge in [0.05, 0.1) is 0 Å². The molecule has 3 amide bonds. The third kappa shape index (κ3) is 7.27. The van der Waals surface area contributed by atoms with E-state index in [0.29, 0.717) is 30.8 Å². The summed E-state index contributed by atoms with van der Waals surface area (Å²) in [5.74, 6) is 0.00972. The maximum atomic E-state index is 12.0. The van der Waals surface area contributed by atoms with Crippen LogP contribution in [0.1, 0.15) is 76.2 Å². The van der Waals surface area contributed by atoms with Crippen molar-refractivity contribution < 1.29 is 14.4 Å². The molecule has 2 rings (SSSR count). The fraction of sp³-hybridized carbons (Fsp3) is 0.591. The Bertz CT molecular complexity index is 674. The van der Waals surface area contributed by atoms with E-state index in [1.807, 2.05) is 25.1 Å². The molecule has 0 saturated carbocycles. The number of benzene rings is 1. The van der Waals surface area contributed by atoms with E-state index in [9.17, 15) is 14.4 Å². The lowest BCUT2D eigenvalue weighted by atomic mass is 10.1. The molecule has 0 aliphatic carbocycles. The van der Waals surface area contributed by atoms with Crippen LogP contribution in [0, 0.1) is 6.92 Å². The van der Waals surface area contributed by atoms with Crippen LogP contribution in [0.15, 0.2) is 18.2 Å². The molecule has 154 valence electrons. The van der Waals surface area contributed by atoms with Crippen molar-refractivity contribution in [1.29, 1.82) is 0 Å². The number of likely N-dealkylation sites (tertiary alicyclic amines) is 1. The summed E-state index contributed by atoms with van der Waals surface area (Å²) in [6.07, 6.45) is 9.79. The van der Waals surface area contributed by atoms with E-state index in [1.165, 1.54) is 4.90 Å². The highest BCUT2D eigenvalue weighted by molar-refractivity contribution is 6.31. The van der Waals surface area contributed by atoms with E-state index in [-0.39, 0.29) is 17.7 Å². The fourth-order valence-corrected chi connectivity index (χ4v) is 3.62. The number of nitrogens with zero attached hydrogens (tertiary/aromatic N) is 1. The first kappa shape index (κ1) is 22.4. The minimum atomic E-state index is -0.0143. The maximum absolute atomic E-state index is 12.0. The number of hydrogen-bond donors (Lipinski definition) is 1. The minimum absolute atomic E-state index is 0.0143. The van der Waals surface area contributed by atoms with Gasteiger partial charge in [-0.15, -0.1) is 0 Å². The average Bonchev–Trinajstić information content (AvgIpc) is 2.98. The van der Waals surface area contributed by atoms with E-state index in [2.05, 4.69) is 5.32 Å². The maximum Gasteiger partial charge on any atom is 0.229 e. The molecule has 0 aromatic heterocycles. The molecule has 1 aromatic carbocycles. The molecule has 0 unspecified atom stereocenters. The molecule has 0 spiro atoms. The van der Waals surface area contributed by atoms with Gasteiger partial charge in [0.1, 0.15) is 0 Å². The van der Waals surface area contributed by atoms with Crippen molar-refractivity contribution in [1.82, 2.24) is 4.90 Å². The summed E-state index contributed by atoms with van der Waals surface area (Å²) in [4.78, 5) is 36.5. The van der Waals surface area contributed by atoms with Gasteiger partial charge in [0.2, 0.25) is 17.7 Å². The number of anilines is 1. The zero-order valence-electron chi connectivity index (χ0n) is 16.8. The van der Waals surface area contributed by atoms with Crippen molar-refractivity contribution in [2.45, 2.75) is 77.6 Å². The van der Waals surface area contributed by atoms with Gasteiger partial charge in [-0.05, 0) is 37.5 Å². The molecular formula is C22H31ClN2O3. The summed E-state index contributed by atoms with van der Waals surface area (Å²) in [7, 11) is 0. The molecule has 1 saturated heterocycles. The van der Waals surface area contributed by atoms with Gasteiger partial charge in [-0.25, -0.2) is 0 Å². The Morgan fingerprint density at radius 3 is 2.18 bits per heavy atom. The summed E-state index contributed by atoms with van der Waals surface area (Å²) < 4.78 is 0. The van der Waals surface area contributed by atoms with Crippen LogP contribution in [0.25, 0.3) is 0 Å². The quantitative estimate of drug-likeness (QED) is 0.381. The topological polar surface area (TPSA) is 66.5 Å². The third-order valence-corrected chi connectivity index (χ3v) is 5.64. The van der Waals surface area contributed by atoms with E-state index in [1.54, 1.807) is 0 Å². The molecule has 28 heavy (non-hydrogen) atoms. The SMILES string of the molecule is Cc1c(Cl)cccc1NC(=O)CCCCCCCCCCN1C(=O)CCC1=O. The van der Waals surface area contributed by atoms with Crippen molar-refractivity contribution in [3.63, 3.8) is 0 Å². The lowest BCUT2D eigenvalue weighted by Crippen LogP contribution is -2.29. The highest BCUT2D eigenvalue weighted by atomic mass is 35.5. The van der Waals surface area contributed by atoms with Crippen LogP contribution in [0.3, 0.4) is 0 Å². The van der Waals surface area contributed by atoms with Crippen molar-refractivity contribution >= 4 is 35.0 Å². The molecule has 0 radical (unpaired) electrons. The first-order valence-electron chi connectivity index (χ1n) is 10.4. The highest BCUT2D eigenvalue weighted by Crippen LogP contribution is 2.23. The monoisotopic (exact) mass is 406 g/mol. The number of carbonyl (C=O) groups is 3. The van der Waals surface area contributed by atoms with Gasteiger partial charge in [-0.2, -0.15) is 0 Å². The van der Waals surface area contributed by atoms with Gasteiger partial charge in [0, 0.05) is 36.5 Å². The molecular weight excluding hydrogens is 376 g/mol. The lowest BCUT2D eigenvalue weighted by Gasteiger charge is -2.13. The van der Waals surface area contributed by atoms with Crippen molar-refractivity contribution in [2.24, 2.45) is 0 Å². The number of rotatable bonds is 12. The van der Waals surface area contributed by atoms with Crippen LogP contribution in [0.4, 0.5) is 5.69 Å². The van der Waals surface area contributed by atoms with E-state index >= 15 is 0 Å². The molecule has 1 heterocycles. The normalized spacial score (nSPS) is 14.0. The van der Waals surface area contributed by atoms with E-state index in [0.717, 1.165) is 62.6 Å². The summed E-state index contributed by atoms with van der Waals surface area (Å²) in [5.41, 5.74) is 1.69. The average molecular weight is 407 g/mol. The summed E-state index contributed by atoms with van der Waals surface area (Å²) in [6, 6.07) is 5.53. The standard InChI is InChI=1S/C22H31ClN2O3/c1-17-18(23)11-10-12-19(17)24-20(26)13-8-6-4-2-3-5-7-9-16-25-21(27)14-15-22(25)28/h10-12H,2-9,13-16H2,1H3,(H,24,26). The lowest BCUT2D eigenvalue weighted by molar-refractivity contribution is -0.138. The van der Waals surface area contributed by atoms with Crippen LogP contribution >= 0.6 is 11.6 Å². The van der Waals surface area contributed by atoms with Crippen LogP contribution in [0.2, 0.25) is 5.02 Å². The van der Waals surface area contributed by atoms with Gasteiger partial charge < -0.3 is 5.32 Å². The fourth-order valence-electron chi connectivity index (χ4n) is 3.44. The first-order valence-corrected chi connectivity index (χ1v) is 10.7. The number of halogens is 1. The molecule has 1 aliphatic rings. The van der Waals surface area contributed by atoms with Crippen LogP contribution in [-0.2, 0) is 14.4 Å². The molecule has 1 fully saturated rings. The molecule has 0 atom stereocenters. The second kappa shape index (κ2) is 11.8. The van der Waals surface area contributed by atoms with Gasteiger partial charge in [0.15, 0.2) is 0 Å². The Morgan fingerprint density at radius 1 is 0.964 bits per heavy atom. The second-order valence-corrected chi connectivity index (χ2v) is 7.89. The van der Waals surface area contributed by atoms with Crippen LogP contribution < -0.4 is 5.32 Å². The minimum Gasteiger partial charge on any atom is -0.326 e. The molecule has 1 aliphatic heterocycles. The third-order valence-electron chi connectivity index (χ3n) is 5.23. The van der Waals surface area contributed by atoms with Gasteiger partial charge >= 0.3 is 0 Å². The van der Waals surface area contributed by atoms with Gasteiger partial charge in [-0.1, -0.05) is 56.2 Å². The van der Waals surface area contributed by atoms with Crippen molar-refractivity contribution in [2.75, 3.05) is 11.9 Å². The number of hydrogen-bond acceptors (Lipinski definition) is 3. The van der Waals surface area contributed by atoms with E-state index in [4.69, 9.17) is 11.6 Å². The smallest absolute Gasteiger partial charge is 0.229 e. The summed E-state index contributed by atoms with van der Waals surface area (Å²) >= 11 is 6.07. The Balaban J connectivity index is 1.44. The predicted octanol–water partition coefficient (Wildman–Crippen LogP) is 5.25. The Hall–Kier alpha value is -1.88. The zero-order valence-corrected chi connectivity index (χ0v) is 17.5. The number of unbranched alkanes of at least 4 members (excludes halogenated alkanes) is 7. The number of carbonyl (C=O) groups excluding carboxylic acids is 3.